The highest BCUT2D eigenvalue weighted by Crippen LogP contribution is 2.29. The van der Waals surface area contributed by atoms with Crippen LogP contribution in [0.1, 0.15) is 30.3 Å². The molecule has 0 saturated carbocycles. The third kappa shape index (κ3) is 3.28. The smallest absolute Gasteiger partial charge is 0.358 e. The topological polar surface area (TPSA) is 106 Å². The molecule has 0 spiro atoms. The summed E-state index contributed by atoms with van der Waals surface area (Å²) in [5.41, 5.74) is 0.531. The molecule has 24 heavy (non-hydrogen) atoms. The second kappa shape index (κ2) is 6.40. The Hall–Kier alpha value is -2.74. The third-order valence-corrected chi connectivity index (χ3v) is 4.07. The summed E-state index contributed by atoms with van der Waals surface area (Å²) in [4.78, 5) is 23.4. The molecule has 126 valence electrons. The van der Waals surface area contributed by atoms with Gasteiger partial charge in [-0.1, -0.05) is 11.3 Å². The van der Waals surface area contributed by atoms with Crippen molar-refractivity contribution in [2.45, 2.75) is 19.8 Å². The summed E-state index contributed by atoms with van der Waals surface area (Å²) in [5.74, 6) is -1.24. The van der Waals surface area contributed by atoms with Crippen molar-refractivity contribution in [3.8, 4) is 5.69 Å². The second-order valence-electron chi connectivity index (χ2n) is 6.07. The molecule has 0 bridgehead atoms. The number of carboxylic acids is 1. The van der Waals surface area contributed by atoms with Crippen molar-refractivity contribution in [1.82, 2.24) is 15.0 Å². The lowest BCUT2D eigenvalue weighted by molar-refractivity contribution is -0.131. The Morgan fingerprint density at radius 2 is 2.25 bits per heavy atom. The van der Waals surface area contributed by atoms with E-state index in [2.05, 4.69) is 15.6 Å². The zero-order valence-electron chi connectivity index (χ0n) is 13.2. The summed E-state index contributed by atoms with van der Waals surface area (Å²) in [6.45, 7) is 2.99. The first-order chi connectivity index (χ1) is 11.5. The van der Waals surface area contributed by atoms with Crippen LogP contribution in [0.5, 0.6) is 0 Å². The molecule has 1 fully saturated rings. The first-order valence-electron chi connectivity index (χ1n) is 7.63. The molecule has 1 atom stereocenters. The molecule has 1 amide bonds. The number of ether oxygens (including phenoxy) is 1. The summed E-state index contributed by atoms with van der Waals surface area (Å²) in [6, 6.07) is 6.99. The van der Waals surface area contributed by atoms with Crippen LogP contribution in [0.25, 0.3) is 5.69 Å². The maximum Gasteiger partial charge on any atom is 0.358 e. The number of carbonyl (C=O) groups excluding carboxylic acids is 1. The molecule has 0 aliphatic carbocycles. The number of rotatable bonds is 4. The zero-order valence-corrected chi connectivity index (χ0v) is 13.2. The van der Waals surface area contributed by atoms with E-state index in [9.17, 15) is 9.59 Å². The van der Waals surface area contributed by atoms with Gasteiger partial charge < -0.3 is 15.2 Å². The number of nitrogens with one attached hydrogen (secondary N) is 1. The second-order valence-corrected chi connectivity index (χ2v) is 6.07. The van der Waals surface area contributed by atoms with Crippen LogP contribution in [-0.2, 0) is 9.53 Å². The van der Waals surface area contributed by atoms with Gasteiger partial charge in [0.05, 0.1) is 23.9 Å². The summed E-state index contributed by atoms with van der Waals surface area (Å²) >= 11 is 0. The van der Waals surface area contributed by atoms with E-state index < -0.39 is 11.4 Å². The molecule has 2 aromatic rings. The number of amides is 1. The molecule has 1 aromatic carbocycles. The van der Waals surface area contributed by atoms with Gasteiger partial charge in [-0.15, -0.1) is 5.10 Å². The Balaban J connectivity index is 1.77. The minimum atomic E-state index is -1.14. The summed E-state index contributed by atoms with van der Waals surface area (Å²) in [6.07, 6.45) is 2.96. The van der Waals surface area contributed by atoms with E-state index in [1.54, 1.807) is 24.3 Å². The number of carboxylic acid groups (broad SMARTS) is 1. The van der Waals surface area contributed by atoms with Crippen LogP contribution in [0, 0.1) is 5.41 Å². The fourth-order valence-electron chi connectivity index (χ4n) is 2.61. The Labute approximate surface area is 138 Å². The Bertz CT molecular complexity index is 765. The molecule has 1 aliphatic rings. The van der Waals surface area contributed by atoms with E-state index >= 15 is 0 Å². The molecular weight excluding hydrogens is 312 g/mol. The number of nitrogens with zero attached hydrogens (tertiary/aromatic N) is 3. The molecule has 1 aromatic heterocycles. The van der Waals surface area contributed by atoms with Gasteiger partial charge in [0.1, 0.15) is 0 Å². The molecule has 8 nitrogen and oxygen atoms in total. The first-order valence-corrected chi connectivity index (χ1v) is 7.63. The minimum Gasteiger partial charge on any atom is -0.476 e. The Kier molecular flexibility index (Phi) is 4.30. The predicted octanol–water partition coefficient (Wildman–Crippen LogP) is 1.72. The van der Waals surface area contributed by atoms with E-state index in [-0.39, 0.29) is 11.6 Å². The number of aromatic carboxylic acids is 1. The largest absolute Gasteiger partial charge is 0.476 e. The van der Waals surface area contributed by atoms with Gasteiger partial charge >= 0.3 is 5.97 Å². The van der Waals surface area contributed by atoms with Gasteiger partial charge in [0.2, 0.25) is 5.91 Å². The number of hydrogen-bond acceptors (Lipinski definition) is 5. The zero-order chi connectivity index (χ0) is 17.2. The maximum atomic E-state index is 12.5. The molecule has 1 aliphatic heterocycles. The van der Waals surface area contributed by atoms with Crippen molar-refractivity contribution in [3.63, 3.8) is 0 Å². The van der Waals surface area contributed by atoms with Crippen molar-refractivity contribution in [2.24, 2.45) is 5.41 Å². The average Bonchev–Trinajstić information content (AvgIpc) is 3.06. The van der Waals surface area contributed by atoms with Crippen molar-refractivity contribution >= 4 is 17.6 Å². The monoisotopic (exact) mass is 330 g/mol. The minimum absolute atomic E-state index is 0.0934. The van der Waals surface area contributed by atoms with Crippen LogP contribution in [0.15, 0.2) is 30.5 Å². The van der Waals surface area contributed by atoms with E-state index in [1.165, 1.54) is 10.9 Å². The van der Waals surface area contributed by atoms with Crippen LogP contribution in [0.3, 0.4) is 0 Å². The molecule has 1 saturated heterocycles. The Morgan fingerprint density at radius 3 is 2.92 bits per heavy atom. The van der Waals surface area contributed by atoms with E-state index in [0.717, 1.165) is 12.8 Å². The molecular formula is C16H18N4O4. The number of benzene rings is 1. The van der Waals surface area contributed by atoms with Gasteiger partial charge in [0.25, 0.3) is 0 Å². The fraction of sp³-hybridized carbons (Fsp3) is 0.375. The molecule has 0 radical (unpaired) electrons. The number of carbonyl (C=O) groups is 2. The maximum absolute atomic E-state index is 12.5. The van der Waals surface area contributed by atoms with Gasteiger partial charge in [-0.3, -0.25) is 4.79 Å². The lowest BCUT2D eigenvalue weighted by Crippen LogP contribution is -2.40. The molecule has 1 unspecified atom stereocenters. The van der Waals surface area contributed by atoms with Crippen molar-refractivity contribution in [1.29, 1.82) is 0 Å². The third-order valence-electron chi connectivity index (χ3n) is 4.07. The first kappa shape index (κ1) is 16.1. The number of hydrogen-bond donors (Lipinski definition) is 2. The summed E-state index contributed by atoms with van der Waals surface area (Å²) in [7, 11) is 0. The molecule has 2 N–H and O–H groups in total. The highest BCUT2D eigenvalue weighted by molar-refractivity contribution is 5.95. The predicted molar refractivity (Wildman–Crippen MR) is 85.1 cm³/mol. The van der Waals surface area contributed by atoms with Crippen LogP contribution >= 0.6 is 0 Å². The van der Waals surface area contributed by atoms with Gasteiger partial charge in [-0.2, -0.15) is 0 Å². The highest BCUT2D eigenvalue weighted by atomic mass is 16.5. The van der Waals surface area contributed by atoms with Gasteiger partial charge in [-0.05, 0) is 38.0 Å². The van der Waals surface area contributed by atoms with Crippen LogP contribution in [0.2, 0.25) is 0 Å². The normalized spacial score (nSPS) is 20.5. The van der Waals surface area contributed by atoms with Gasteiger partial charge in [0.15, 0.2) is 5.69 Å². The lowest BCUT2D eigenvalue weighted by Gasteiger charge is -2.31. The molecule has 2 heterocycles. The number of anilines is 1. The van der Waals surface area contributed by atoms with Gasteiger partial charge in [0, 0.05) is 12.3 Å². The van der Waals surface area contributed by atoms with Crippen molar-refractivity contribution in [2.75, 3.05) is 18.5 Å². The quantitative estimate of drug-likeness (QED) is 0.884. The standard InChI is InChI=1S/C16H18N4O4/c1-16(6-3-7-24-10-16)15(23)17-11-4-2-5-12(8-11)20-9-13(14(21)22)18-19-20/h2,4-5,8-9H,3,6-7,10H2,1H3,(H,17,23)(H,21,22). The fourth-order valence-corrected chi connectivity index (χ4v) is 2.61. The van der Waals surface area contributed by atoms with Crippen molar-refractivity contribution in [3.05, 3.63) is 36.2 Å². The highest BCUT2D eigenvalue weighted by Gasteiger charge is 2.35. The van der Waals surface area contributed by atoms with E-state index in [4.69, 9.17) is 9.84 Å². The van der Waals surface area contributed by atoms with Gasteiger partial charge in [-0.25, -0.2) is 9.48 Å². The Morgan fingerprint density at radius 1 is 1.42 bits per heavy atom. The summed E-state index contributed by atoms with van der Waals surface area (Å²) < 4.78 is 6.78. The molecule has 3 rings (SSSR count). The van der Waals surface area contributed by atoms with E-state index in [0.29, 0.717) is 24.6 Å². The average molecular weight is 330 g/mol. The summed E-state index contributed by atoms with van der Waals surface area (Å²) in [5, 5.41) is 19.2. The van der Waals surface area contributed by atoms with Crippen LogP contribution in [-0.4, -0.2) is 45.2 Å². The van der Waals surface area contributed by atoms with Crippen molar-refractivity contribution < 1.29 is 19.4 Å². The van der Waals surface area contributed by atoms with Crippen LogP contribution in [0.4, 0.5) is 5.69 Å². The SMILES string of the molecule is CC1(C(=O)Nc2cccc(-n3cc(C(=O)O)nn3)c2)CCCOC1. The van der Waals surface area contributed by atoms with Crippen LogP contribution < -0.4 is 5.32 Å². The lowest BCUT2D eigenvalue weighted by atomic mass is 9.84. The van der Waals surface area contributed by atoms with E-state index in [1.807, 2.05) is 6.92 Å². The number of aromatic nitrogens is 3. The molecule has 8 heteroatoms.